The van der Waals surface area contributed by atoms with Gasteiger partial charge >= 0.3 is 0 Å². The second-order valence-corrected chi connectivity index (χ2v) is 5.77. The Labute approximate surface area is 127 Å². The third-order valence-electron chi connectivity index (χ3n) is 3.76. The number of carbonyl (C=O) groups is 1. The molecule has 1 aliphatic rings. The highest BCUT2D eigenvalue weighted by Gasteiger charge is 2.18. The quantitative estimate of drug-likeness (QED) is 0.880. The lowest BCUT2D eigenvalue weighted by Gasteiger charge is -2.19. The van der Waals surface area contributed by atoms with Gasteiger partial charge in [0, 0.05) is 36.5 Å². The van der Waals surface area contributed by atoms with Crippen LogP contribution in [0.25, 0.3) is 11.1 Å². The number of halogens is 1. The van der Waals surface area contributed by atoms with Gasteiger partial charge in [-0.2, -0.15) is 0 Å². The van der Waals surface area contributed by atoms with Crippen LogP contribution in [0, 0.1) is 6.92 Å². The Morgan fingerprint density at radius 2 is 1.95 bits per heavy atom. The molecule has 0 atom stereocenters. The number of benzene rings is 1. The van der Waals surface area contributed by atoms with Crippen LogP contribution < -0.4 is 10.9 Å². The average Bonchev–Trinajstić information content (AvgIpc) is 2.43. The van der Waals surface area contributed by atoms with Crippen molar-refractivity contribution >= 4 is 23.2 Å². The lowest BCUT2D eigenvalue weighted by Crippen LogP contribution is -2.19. The topological polar surface area (TPSA) is 51.1 Å². The van der Waals surface area contributed by atoms with Gasteiger partial charge in [0.2, 0.25) is 5.91 Å². The summed E-state index contributed by atoms with van der Waals surface area (Å²) < 4.78 is 1.56. The molecule has 0 aliphatic carbocycles. The first kappa shape index (κ1) is 13.9. The minimum atomic E-state index is -0.0138. The molecule has 2 heterocycles. The van der Waals surface area contributed by atoms with Gasteiger partial charge in [0.25, 0.3) is 5.56 Å². The standard InChI is InChI=1S/C16H15ClN2O2/c1-9-5-11(8-19(2)16(9)21)12-6-10-3-4-15(20)18-14(10)7-13(12)17/h5-8H,3-4H2,1-2H3,(H,18,20). The Morgan fingerprint density at radius 1 is 1.19 bits per heavy atom. The first-order chi connectivity index (χ1) is 9.95. The fourth-order valence-electron chi connectivity index (χ4n) is 2.65. The van der Waals surface area contributed by atoms with Crippen LogP contribution in [0.5, 0.6) is 0 Å². The van der Waals surface area contributed by atoms with Crippen LogP contribution >= 0.6 is 11.6 Å². The van der Waals surface area contributed by atoms with E-state index in [9.17, 15) is 9.59 Å². The predicted molar refractivity (Wildman–Crippen MR) is 83.8 cm³/mol. The molecule has 0 saturated carbocycles. The van der Waals surface area contributed by atoms with E-state index in [1.54, 1.807) is 30.8 Å². The van der Waals surface area contributed by atoms with Crippen LogP contribution in [0.3, 0.4) is 0 Å². The van der Waals surface area contributed by atoms with E-state index in [1.165, 1.54) is 0 Å². The molecule has 108 valence electrons. The zero-order valence-corrected chi connectivity index (χ0v) is 12.6. The lowest BCUT2D eigenvalue weighted by molar-refractivity contribution is -0.116. The molecule has 0 spiro atoms. The summed E-state index contributed by atoms with van der Waals surface area (Å²) in [7, 11) is 1.73. The monoisotopic (exact) mass is 302 g/mol. The van der Waals surface area contributed by atoms with Crippen molar-refractivity contribution in [3.63, 3.8) is 0 Å². The maximum atomic E-state index is 11.8. The van der Waals surface area contributed by atoms with E-state index in [1.807, 2.05) is 12.1 Å². The third kappa shape index (κ3) is 2.47. The molecule has 21 heavy (non-hydrogen) atoms. The van der Waals surface area contributed by atoms with Crippen LogP contribution in [0.15, 0.2) is 29.2 Å². The van der Waals surface area contributed by atoms with Gasteiger partial charge in [0.1, 0.15) is 0 Å². The van der Waals surface area contributed by atoms with Crippen molar-refractivity contribution in [1.29, 1.82) is 0 Å². The van der Waals surface area contributed by atoms with Crippen molar-refractivity contribution < 1.29 is 4.79 Å². The maximum absolute atomic E-state index is 11.8. The van der Waals surface area contributed by atoms with Crippen molar-refractivity contribution in [2.75, 3.05) is 5.32 Å². The fourth-order valence-corrected chi connectivity index (χ4v) is 2.92. The molecule has 4 nitrogen and oxygen atoms in total. The van der Waals surface area contributed by atoms with Crippen LogP contribution in [0.2, 0.25) is 5.02 Å². The number of nitrogens with one attached hydrogen (secondary N) is 1. The summed E-state index contributed by atoms with van der Waals surface area (Å²) >= 11 is 6.35. The van der Waals surface area contributed by atoms with Gasteiger partial charge in [-0.1, -0.05) is 11.6 Å². The predicted octanol–water partition coefficient (Wildman–Crippen LogP) is 2.90. The summed E-state index contributed by atoms with van der Waals surface area (Å²) in [4.78, 5) is 23.2. The van der Waals surface area contributed by atoms with Crippen molar-refractivity contribution in [1.82, 2.24) is 4.57 Å². The smallest absolute Gasteiger partial charge is 0.253 e. The van der Waals surface area contributed by atoms with Crippen LogP contribution in [0.1, 0.15) is 17.5 Å². The van der Waals surface area contributed by atoms with E-state index in [4.69, 9.17) is 11.6 Å². The summed E-state index contributed by atoms with van der Waals surface area (Å²) in [6.45, 7) is 1.79. The highest BCUT2D eigenvalue weighted by Crippen LogP contribution is 2.35. The Kier molecular flexibility index (Phi) is 3.33. The van der Waals surface area contributed by atoms with Crippen molar-refractivity contribution in [2.45, 2.75) is 19.8 Å². The molecule has 5 heteroatoms. The summed E-state index contributed by atoms with van der Waals surface area (Å²) in [5.74, 6) is 0.0178. The molecule has 1 aromatic heterocycles. The number of hydrogen-bond acceptors (Lipinski definition) is 2. The highest BCUT2D eigenvalue weighted by atomic mass is 35.5. The van der Waals surface area contributed by atoms with Crippen LogP contribution in [0.4, 0.5) is 5.69 Å². The molecule has 0 radical (unpaired) electrons. The first-order valence-electron chi connectivity index (χ1n) is 6.75. The van der Waals surface area contributed by atoms with E-state index in [0.29, 0.717) is 23.4 Å². The number of anilines is 1. The van der Waals surface area contributed by atoms with E-state index in [0.717, 1.165) is 22.4 Å². The number of aryl methyl sites for hydroxylation is 3. The molecular formula is C16H15ClN2O2. The molecule has 0 unspecified atom stereocenters. The minimum absolute atomic E-state index is 0.0138. The number of hydrogen-bond donors (Lipinski definition) is 1. The van der Waals surface area contributed by atoms with Crippen molar-refractivity contribution in [2.24, 2.45) is 7.05 Å². The molecule has 0 saturated heterocycles. The first-order valence-corrected chi connectivity index (χ1v) is 7.13. The van der Waals surface area contributed by atoms with E-state index >= 15 is 0 Å². The zero-order valence-electron chi connectivity index (χ0n) is 11.9. The minimum Gasteiger partial charge on any atom is -0.326 e. The normalized spacial score (nSPS) is 13.8. The van der Waals surface area contributed by atoms with Gasteiger partial charge in [-0.05, 0) is 42.7 Å². The largest absolute Gasteiger partial charge is 0.326 e. The molecule has 1 amide bonds. The van der Waals surface area contributed by atoms with Crippen LogP contribution in [-0.2, 0) is 18.3 Å². The molecule has 3 rings (SSSR count). The molecular weight excluding hydrogens is 288 g/mol. The molecule has 0 bridgehead atoms. The average molecular weight is 303 g/mol. The van der Waals surface area contributed by atoms with Gasteiger partial charge < -0.3 is 9.88 Å². The van der Waals surface area contributed by atoms with Gasteiger partial charge in [0.15, 0.2) is 0 Å². The number of amides is 1. The highest BCUT2D eigenvalue weighted by molar-refractivity contribution is 6.33. The number of aromatic nitrogens is 1. The number of carbonyl (C=O) groups excluding carboxylic acids is 1. The fraction of sp³-hybridized carbons (Fsp3) is 0.250. The van der Waals surface area contributed by atoms with Gasteiger partial charge in [-0.3, -0.25) is 9.59 Å². The van der Waals surface area contributed by atoms with Crippen LogP contribution in [-0.4, -0.2) is 10.5 Å². The lowest BCUT2D eigenvalue weighted by atomic mass is 9.97. The van der Waals surface area contributed by atoms with E-state index < -0.39 is 0 Å². The van der Waals surface area contributed by atoms with Gasteiger partial charge in [-0.25, -0.2) is 0 Å². The Balaban J connectivity index is 2.15. The Bertz CT molecular complexity index is 782. The summed E-state index contributed by atoms with van der Waals surface area (Å²) in [6.07, 6.45) is 2.97. The summed E-state index contributed by atoms with van der Waals surface area (Å²) in [5.41, 5.74) is 4.30. The molecule has 0 fully saturated rings. The van der Waals surface area contributed by atoms with Crippen molar-refractivity contribution in [3.8, 4) is 11.1 Å². The van der Waals surface area contributed by atoms with E-state index in [-0.39, 0.29) is 11.5 Å². The van der Waals surface area contributed by atoms with Crippen molar-refractivity contribution in [3.05, 3.63) is 50.9 Å². The zero-order chi connectivity index (χ0) is 15.1. The molecule has 2 aromatic rings. The number of rotatable bonds is 1. The number of fused-ring (bicyclic) bond motifs is 1. The Hall–Kier alpha value is -2.07. The number of nitrogens with zero attached hydrogens (tertiary/aromatic N) is 1. The summed E-state index contributed by atoms with van der Waals surface area (Å²) in [5, 5.41) is 3.40. The molecule has 1 aliphatic heterocycles. The molecule has 1 N–H and O–H groups in total. The molecule has 1 aromatic carbocycles. The second-order valence-electron chi connectivity index (χ2n) is 5.37. The maximum Gasteiger partial charge on any atom is 0.253 e. The van der Waals surface area contributed by atoms with Gasteiger partial charge in [0.05, 0.1) is 5.02 Å². The third-order valence-corrected chi connectivity index (χ3v) is 4.07. The van der Waals surface area contributed by atoms with E-state index in [2.05, 4.69) is 5.32 Å². The number of pyridine rings is 1. The second kappa shape index (κ2) is 5.04. The Morgan fingerprint density at radius 3 is 2.67 bits per heavy atom. The summed E-state index contributed by atoms with van der Waals surface area (Å²) in [6, 6.07) is 5.62. The SMILES string of the molecule is Cc1cc(-c2cc3c(cc2Cl)NC(=O)CC3)cn(C)c1=O. The van der Waals surface area contributed by atoms with Gasteiger partial charge in [-0.15, -0.1) is 0 Å².